The van der Waals surface area contributed by atoms with Crippen LogP contribution in [0.2, 0.25) is 0 Å². The van der Waals surface area contributed by atoms with Crippen molar-refractivity contribution in [1.29, 1.82) is 0 Å². The summed E-state index contributed by atoms with van der Waals surface area (Å²) >= 11 is 0. The molecule has 0 radical (unpaired) electrons. The van der Waals surface area contributed by atoms with Gasteiger partial charge in [-0.15, -0.1) is 5.10 Å². The topological polar surface area (TPSA) is 67.6 Å². The third-order valence-corrected chi connectivity index (χ3v) is 3.19. The van der Waals surface area contributed by atoms with Crippen LogP contribution in [0, 0.1) is 5.92 Å². The summed E-state index contributed by atoms with van der Waals surface area (Å²) in [4.78, 5) is 0. The lowest BCUT2D eigenvalue weighted by Crippen LogP contribution is -2.11. The Hall–Kier alpha value is -1.02. The Morgan fingerprint density at radius 2 is 1.62 bits per heavy atom. The molecule has 140 valence electrons. The van der Waals surface area contributed by atoms with Gasteiger partial charge >= 0.3 is 0 Å². The second-order valence-electron chi connectivity index (χ2n) is 6.35. The van der Waals surface area contributed by atoms with Gasteiger partial charge in [-0.25, -0.2) is 4.68 Å². The Morgan fingerprint density at radius 3 is 2.33 bits per heavy atom. The fourth-order valence-corrected chi connectivity index (χ4v) is 1.83. The molecule has 0 saturated carbocycles. The zero-order valence-corrected chi connectivity index (χ0v) is 15.6. The van der Waals surface area contributed by atoms with Crippen molar-refractivity contribution in [3.63, 3.8) is 0 Å². The first-order valence-corrected chi connectivity index (χ1v) is 8.81. The second kappa shape index (κ2) is 13.3. The van der Waals surface area contributed by atoms with Gasteiger partial charge in [0, 0.05) is 6.61 Å². The molecule has 7 nitrogen and oxygen atoms in total. The zero-order chi connectivity index (χ0) is 17.6. The van der Waals surface area contributed by atoms with Gasteiger partial charge in [0.2, 0.25) is 0 Å². The van der Waals surface area contributed by atoms with E-state index in [0.29, 0.717) is 52.1 Å². The van der Waals surface area contributed by atoms with Crippen LogP contribution in [0.5, 0.6) is 0 Å². The van der Waals surface area contributed by atoms with Crippen LogP contribution in [0.25, 0.3) is 0 Å². The standard InChI is InChI=1S/C17H33N3O4/c1-15(2)5-7-21-9-10-22-8-6-20-13-17(18-19-20)14-23-11-12-24-16(3)4/h13,15-16H,5-12,14H2,1-4H3. The van der Waals surface area contributed by atoms with Crippen LogP contribution in [0.15, 0.2) is 6.20 Å². The highest BCUT2D eigenvalue weighted by molar-refractivity contribution is 4.89. The summed E-state index contributed by atoms with van der Waals surface area (Å²) in [6.45, 7) is 13.3. The van der Waals surface area contributed by atoms with Gasteiger partial charge < -0.3 is 18.9 Å². The number of rotatable bonds is 15. The minimum absolute atomic E-state index is 0.232. The van der Waals surface area contributed by atoms with E-state index < -0.39 is 0 Å². The van der Waals surface area contributed by atoms with Crippen molar-refractivity contribution >= 4 is 0 Å². The quantitative estimate of drug-likeness (QED) is 0.455. The molecule has 0 spiro atoms. The Labute approximate surface area is 145 Å². The highest BCUT2D eigenvalue weighted by Gasteiger charge is 2.02. The van der Waals surface area contributed by atoms with E-state index in [1.165, 1.54) is 0 Å². The van der Waals surface area contributed by atoms with Crippen molar-refractivity contribution in [3.8, 4) is 0 Å². The molecule has 0 aliphatic carbocycles. The van der Waals surface area contributed by atoms with E-state index in [2.05, 4.69) is 24.2 Å². The number of nitrogens with zero attached hydrogens (tertiary/aromatic N) is 3. The first kappa shape index (κ1) is 21.0. The summed E-state index contributed by atoms with van der Waals surface area (Å²) < 4.78 is 23.7. The van der Waals surface area contributed by atoms with Crippen LogP contribution >= 0.6 is 0 Å². The van der Waals surface area contributed by atoms with Crippen molar-refractivity contribution in [1.82, 2.24) is 15.0 Å². The van der Waals surface area contributed by atoms with E-state index in [-0.39, 0.29) is 6.10 Å². The lowest BCUT2D eigenvalue weighted by Gasteiger charge is -2.07. The first-order chi connectivity index (χ1) is 11.6. The van der Waals surface area contributed by atoms with Gasteiger partial charge in [-0.3, -0.25) is 0 Å². The molecule has 0 unspecified atom stereocenters. The molecule has 0 N–H and O–H groups in total. The SMILES string of the molecule is CC(C)CCOCCOCCn1cc(COCCOC(C)C)nn1. The molecule has 0 aliphatic rings. The molecule has 0 bridgehead atoms. The van der Waals surface area contributed by atoms with Gasteiger partial charge in [-0.2, -0.15) is 0 Å². The smallest absolute Gasteiger partial charge is 0.108 e. The number of hydrogen-bond donors (Lipinski definition) is 0. The molecule has 0 saturated heterocycles. The predicted octanol–water partition coefficient (Wildman–Crippen LogP) is 2.30. The van der Waals surface area contributed by atoms with Crippen molar-refractivity contribution in [2.75, 3.05) is 39.6 Å². The van der Waals surface area contributed by atoms with Gasteiger partial charge in [0.1, 0.15) is 5.69 Å². The molecule has 24 heavy (non-hydrogen) atoms. The van der Waals surface area contributed by atoms with E-state index in [4.69, 9.17) is 18.9 Å². The van der Waals surface area contributed by atoms with E-state index in [9.17, 15) is 0 Å². The average molecular weight is 343 g/mol. The third kappa shape index (κ3) is 11.5. The Balaban J connectivity index is 1.98. The van der Waals surface area contributed by atoms with Crippen LogP contribution in [-0.4, -0.2) is 60.7 Å². The zero-order valence-electron chi connectivity index (χ0n) is 15.6. The van der Waals surface area contributed by atoms with E-state index in [1.807, 2.05) is 20.0 Å². The molecule has 0 atom stereocenters. The molecule has 7 heteroatoms. The van der Waals surface area contributed by atoms with Gasteiger partial charge in [0.25, 0.3) is 0 Å². The lowest BCUT2D eigenvalue weighted by molar-refractivity contribution is 0.0135. The van der Waals surface area contributed by atoms with Crippen molar-refractivity contribution in [2.45, 2.75) is 53.4 Å². The summed E-state index contributed by atoms with van der Waals surface area (Å²) in [7, 11) is 0. The summed E-state index contributed by atoms with van der Waals surface area (Å²) in [6, 6.07) is 0. The Bertz CT molecular complexity index is 410. The fraction of sp³-hybridized carbons (Fsp3) is 0.882. The summed E-state index contributed by atoms with van der Waals surface area (Å²) in [6.07, 6.45) is 3.20. The molecule has 0 amide bonds. The summed E-state index contributed by atoms with van der Waals surface area (Å²) in [5.41, 5.74) is 0.816. The molecule has 1 heterocycles. The Kier molecular flexibility index (Phi) is 11.6. The normalized spacial score (nSPS) is 11.8. The maximum atomic E-state index is 5.53. The maximum absolute atomic E-state index is 5.53. The van der Waals surface area contributed by atoms with E-state index >= 15 is 0 Å². The summed E-state index contributed by atoms with van der Waals surface area (Å²) in [5.74, 6) is 0.680. The first-order valence-electron chi connectivity index (χ1n) is 8.81. The van der Waals surface area contributed by atoms with Gasteiger partial charge in [0.15, 0.2) is 0 Å². The molecule has 1 rings (SSSR count). The number of ether oxygens (including phenoxy) is 4. The number of hydrogen-bond acceptors (Lipinski definition) is 6. The number of aromatic nitrogens is 3. The maximum Gasteiger partial charge on any atom is 0.108 e. The Morgan fingerprint density at radius 1 is 0.917 bits per heavy atom. The van der Waals surface area contributed by atoms with E-state index in [0.717, 1.165) is 18.7 Å². The van der Waals surface area contributed by atoms with Gasteiger partial charge in [-0.1, -0.05) is 19.1 Å². The molecule has 1 aromatic rings. The molecular formula is C17H33N3O4. The molecule has 0 fully saturated rings. The van der Waals surface area contributed by atoms with Crippen molar-refractivity contribution in [3.05, 3.63) is 11.9 Å². The van der Waals surface area contributed by atoms with Crippen LogP contribution in [-0.2, 0) is 32.1 Å². The largest absolute Gasteiger partial charge is 0.379 e. The summed E-state index contributed by atoms with van der Waals surface area (Å²) in [5, 5.41) is 8.13. The van der Waals surface area contributed by atoms with Gasteiger partial charge in [-0.05, 0) is 26.2 Å². The van der Waals surface area contributed by atoms with Crippen molar-refractivity contribution < 1.29 is 18.9 Å². The molecule has 0 aliphatic heterocycles. The second-order valence-corrected chi connectivity index (χ2v) is 6.35. The molecule has 0 aromatic carbocycles. The van der Waals surface area contributed by atoms with Crippen molar-refractivity contribution in [2.24, 2.45) is 5.92 Å². The fourth-order valence-electron chi connectivity index (χ4n) is 1.83. The van der Waals surface area contributed by atoms with Crippen LogP contribution in [0.3, 0.4) is 0 Å². The lowest BCUT2D eigenvalue weighted by atomic mass is 10.1. The van der Waals surface area contributed by atoms with Gasteiger partial charge in [0.05, 0.1) is 58.5 Å². The van der Waals surface area contributed by atoms with Crippen LogP contribution in [0.1, 0.15) is 39.8 Å². The highest BCUT2D eigenvalue weighted by atomic mass is 16.5. The highest BCUT2D eigenvalue weighted by Crippen LogP contribution is 1.99. The van der Waals surface area contributed by atoms with E-state index in [1.54, 1.807) is 4.68 Å². The average Bonchev–Trinajstić information content (AvgIpc) is 2.97. The minimum atomic E-state index is 0.232. The molecular weight excluding hydrogens is 310 g/mol. The van der Waals surface area contributed by atoms with Crippen LogP contribution < -0.4 is 0 Å². The van der Waals surface area contributed by atoms with Crippen LogP contribution in [0.4, 0.5) is 0 Å². The monoisotopic (exact) mass is 343 g/mol. The third-order valence-electron chi connectivity index (χ3n) is 3.19. The minimum Gasteiger partial charge on any atom is -0.379 e. The predicted molar refractivity (Wildman–Crippen MR) is 91.9 cm³/mol. The molecule has 1 aromatic heterocycles.